The van der Waals surface area contributed by atoms with Crippen molar-refractivity contribution in [2.75, 3.05) is 20.2 Å². The lowest BCUT2D eigenvalue weighted by molar-refractivity contribution is -0.139. The molecule has 0 amide bonds. The predicted octanol–water partition coefficient (Wildman–Crippen LogP) is 0.715. The molecule has 0 atom stereocenters. The Balaban J connectivity index is 3.01. The third-order valence-corrected chi connectivity index (χ3v) is 1.26. The Bertz CT molecular complexity index is 123. The highest BCUT2D eigenvalue weighted by molar-refractivity contribution is 5.71. The molecule has 0 aromatic rings. The van der Waals surface area contributed by atoms with Crippen LogP contribution in [-0.4, -0.2) is 26.2 Å². The maximum absolute atomic E-state index is 10.5. The van der Waals surface area contributed by atoms with E-state index in [-0.39, 0.29) is 5.97 Å². The molecule has 0 aromatic heterocycles. The van der Waals surface area contributed by atoms with Gasteiger partial charge in [-0.15, -0.1) is 6.58 Å². The summed E-state index contributed by atoms with van der Waals surface area (Å²) in [5.41, 5.74) is 0. The molecule has 0 saturated carbocycles. The van der Waals surface area contributed by atoms with Gasteiger partial charge in [0.1, 0.15) is 0 Å². The minimum atomic E-state index is -0.219. The number of methoxy groups -OCH3 is 1. The highest BCUT2D eigenvalue weighted by Crippen LogP contribution is 1.85. The van der Waals surface area contributed by atoms with Crippen molar-refractivity contribution in [2.24, 2.45) is 0 Å². The number of carbonyl (C=O) groups is 1. The van der Waals surface area contributed by atoms with Gasteiger partial charge in [-0.2, -0.15) is 0 Å². The van der Waals surface area contributed by atoms with Crippen LogP contribution in [0, 0.1) is 0 Å². The minimum absolute atomic E-state index is 0.219. The fraction of sp³-hybridized carbons (Fsp3) is 0.625. The van der Waals surface area contributed by atoms with Crippen LogP contribution in [-0.2, 0) is 9.53 Å². The van der Waals surface area contributed by atoms with Crippen molar-refractivity contribution in [2.45, 2.75) is 12.8 Å². The van der Waals surface area contributed by atoms with E-state index in [4.69, 9.17) is 0 Å². The molecule has 3 nitrogen and oxygen atoms in total. The van der Waals surface area contributed by atoms with Gasteiger partial charge in [-0.3, -0.25) is 4.79 Å². The van der Waals surface area contributed by atoms with Crippen molar-refractivity contribution < 1.29 is 9.53 Å². The summed E-state index contributed by atoms with van der Waals surface area (Å²) >= 11 is 0. The summed E-state index contributed by atoms with van der Waals surface area (Å²) in [7, 11) is 1.38. The Labute approximate surface area is 67.4 Å². The molecule has 0 bridgehead atoms. The average molecular weight is 157 g/mol. The summed E-state index contributed by atoms with van der Waals surface area (Å²) in [6.07, 6.45) is 3.86. The average Bonchev–Trinajstić information content (AvgIpc) is 2.04. The molecule has 0 rings (SSSR count). The Hall–Kier alpha value is -0.830. The lowest BCUT2D eigenvalue weighted by Gasteiger charge is -2.00. The van der Waals surface area contributed by atoms with Gasteiger partial charge in [0.25, 0.3) is 0 Å². The third-order valence-electron chi connectivity index (χ3n) is 1.26. The monoisotopic (exact) mass is 157 g/mol. The van der Waals surface area contributed by atoms with E-state index in [1.54, 1.807) is 0 Å². The number of hydrogen-bond acceptors (Lipinski definition) is 3. The normalized spacial score (nSPS) is 9.18. The maximum atomic E-state index is 10.5. The number of allylic oxidation sites excluding steroid dienone is 1. The first-order valence-electron chi connectivity index (χ1n) is 3.69. The summed E-state index contributed by atoms with van der Waals surface area (Å²) in [5, 5.41) is 2.95. The number of hydrogen-bond donors (Lipinski definition) is 1. The second kappa shape index (κ2) is 7.28. The molecular formula is C8H15NO2. The molecule has 0 heterocycles. The molecule has 11 heavy (non-hydrogen) atoms. The van der Waals surface area contributed by atoms with Crippen LogP contribution in [0.1, 0.15) is 12.8 Å². The SMILES string of the molecule is C=CCCCNCC(=O)OC. The molecule has 0 spiro atoms. The van der Waals surface area contributed by atoms with Gasteiger partial charge in [0.2, 0.25) is 0 Å². The summed E-state index contributed by atoms with van der Waals surface area (Å²) in [6.45, 7) is 4.72. The van der Waals surface area contributed by atoms with Crippen LogP contribution in [0.15, 0.2) is 12.7 Å². The first-order chi connectivity index (χ1) is 5.31. The summed E-state index contributed by atoms with van der Waals surface area (Å²) in [6, 6.07) is 0. The Kier molecular flexibility index (Phi) is 6.73. The van der Waals surface area contributed by atoms with E-state index in [2.05, 4.69) is 16.6 Å². The summed E-state index contributed by atoms with van der Waals surface area (Å²) in [5.74, 6) is -0.219. The van der Waals surface area contributed by atoms with Gasteiger partial charge < -0.3 is 10.1 Å². The number of nitrogens with one attached hydrogen (secondary N) is 1. The zero-order valence-electron chi connectivity index (χ0n) is 6.93. The minimum Gasteiger partial charge on any atom is -0.468 e. The molecular weight excluding hydrogens is 142 g/mol. The molecule has 3 heteroatoms. The zero-order chi connectivity index (χ0) is 8.53. The van der Waals surface area contributed by atoms with Crippen LogP contribution < -0.4 is 5.32 Å². The number of esters is 1. The fourth-order valence-electron chi connectivity index (χ4n) is 0.634. The highest BCUT2D eigenvalue weighted by atomic mass is 16.5. The van der Waals surface area contributed by atoms with E-state index in [1.165, 1.54) is 7.11 Å². The van der Waals surface area contributed by atoms with E-state index in [0.29, 0.717) is 6.54 Å². The first kappa shape index (κ1) is 10.2. The van der Waals surface area contributed by atoms with Crippen LogP contribution in [0.5, 0.6) is 0 Å². The van der Waals surface area contributed by atoms with Crippen molar-refractivity contribution in [3.63, 3.8) is 0 Å². The number of carbonyl (C=O) groups excluding carboxylic acids is 1. The smallest absolute Gasteiger partial charge is 0.319 e. The maximum Gasteiger partial charge on any atom is 0.319 e. The molecule has 0 radical (unpaired) electrons. The standard InChI is InChI=1S/C8H15NO2/c1-3-4-5-6-9-7-8(10)11-2/h3,9H,1,4-7H2,2H3. The Morgan fingerprint density at radius 2 is 2.45 bits per heavy atom. The number of ether oxygens (including phenoxy) is 1. The molecule has 0 aliphatic heterocycles. The number of unbranched alkanes of at least 4 members (excludes halogenated alkanes) is 1. The van der Waals surface area contributed by atoms with Crippen molar-refractivity contribution in [1.29, 1.82) is 0 Å². The highest BCUT2D eigenvalue weighted by Gasteiger charge is 1.96. The molecule has 0 aliphatic carbocycles. The first-order valence-corrected chi connectivity index (χ1v) is 3.69. The van der Waals surface area contributed by atoms with Crippen LogP contribution >= 0.6 is 0 Å². The quantitative estimate of drug-likeness (QED) is 0.350. The van der Waals surface area contributed by atoms with Crippen LogP contribution in [0.25, 0.3) is 0 Å². The van der Waals surface area contributed by atoms with Gasteiger partial charge in [-0.1, -0.05) is 6.08 Å². The van der Waals surface area contributed by atoms with Crippen molar-refractivity contribution >= 4 is 5.97 Å². The van der Waals surface area contributed by atoms with Gasteiger partial charge in [-0.05, 0) is 19.4 Å². The molecule has 0 unspecified atom stereocenters. The molecule has 0 aromatic carbocycles. The molecule has 0 fully saturated rings. The Morgan fingerprint density at radius 3 is 3.00 bits per heavy atom. The van der Waals surface area contributed by atoms with E-state index >= 15 is 0 Å². The second-order valence-corrected chi connectivity index (χ2v) is 2.18. The number of rotatable bonds is 6. The largest absolute Gasteiger partial charge is 0.468 e. The van der Waals surface area contributed by atoms with E-state index in [1.807, 2.05) is 6.08 Å². The molecule has 64 valence electrons. The summed E-state index contributed by atoms with van der Waals surface area (Å²) < 4.78 is 4.44. The van der Waals surface area contributed by atoms with Crippen LogP contribution in [0.2, 0.25) is 0 Å². The van der Waals surface area contributed by atoms with Crippen molar-refractivity contribution in [1.82, 2.24) is 5.32 Å². The van der Waals surface area contributed by atoms with Crippen molar-refractivity contribution in [3.8, 4) is 0 Å². The van der Waals surface area contributed by atoms with Crippen LogP contribution in [0.4, 0.5) is 0 Å². The third kappa shape index (κ3) is 7.06. The molecule has 0 aliphatic rings. The lowest BCUT2D eigenvalue weighted by Crippen LogP contribution is -2.24. The van der Waals surface area contributed by atoms with Gasteiger partial charge in [0.15, 0.2) is 0 Å². The summed E-state index contributed by atoms with van der Waals surface area (Å²) in [4.78, 5) is 10.5. The Morgan fingerprint density at radius 1 is 1.73 bits per heavy atom. The molecule has 1 N–H and O–H groups in total. The van der Waals surface area contributed by atoms with Gasteiger partial charge in [0, 0.05) is 0 Å². The molecule has 0 saturated heterocycles. The van der Waals surface area contributed by atoms with Gasteiger partial charge in [0.05, 0.1) is 13.7 Å². The predicted molar refractivity (Wildman–Crippen MR) is 44.3 cm³/mol. The lowest BCUT2D eigenvalue weighted by atomic mass is 10.3. The second-order valence-electron chi connectivity index (χ2n) is 2.18. The fourth-order valence-corrected chi connectivity index (χ4v) is 0.634. The van der Waals surface area contributed by atoms with Crippen molar-refractivity contribution in [3.05, 3.63) is 12.7 Å². The zero-order valence-corrected chi connectivity index (χ0v) is 6.93. The van der Waals surface area contributed by atoms with E-state index in [9.17, 15) is 4.79 Å². The van der Waals surface area contributed by atoms with Gasteiger partial charge in [-0.25, -0.2) is 0 Å². The van der Waals surface area contributed by atoms with Crippen LogP contribution in [0.3, 0.4) is 0 Å². The van der Waals surface area contributed by atoms with E-state index < -0.39 is 0 Å². The van der Waals surface area contributed by atoms with E-state index in [0.717, 1.165) is 19.4 Å². The topological polar surface area (TPSA) is 38.3 Å². The van der Waals surface area contributed by atoms with Gasteiger partial charge >= 0.3 is 5.97 Å².